The Balaban J connectivity index is 1.33. The average Bonchev–Trinajstić information content (AvgIpc) is 3.15. The number of nitrogens with zero attached hydrogens (tertiary/aromatic N) is 1. The Morgan fingerprint density at radius 3 is 2.61 bits per heavy atom. The maximum atomic E-state index is 3.60. The summed E-state index contributed by atoms with van der Waals surface area (Å²) in [5.41, 5.74) is 6.16. The van der Waals surface area contributed by atoms with E-state index in [0.29, 0.717) is 16.7 Å². The lowest BCUT2D eigenvalue weighted by atomic mass is 9.47. The van der Waals surface area contributed by atoms with Crippen molar-refractivity contribution in [2.75, 3.05) is 27.2 Å². The van der Waals surface area contributed by atoms with E-state index in [2.05, 4.69) is 70.2 Å². The molecule has 0 aromatic carbocycles. The Hall–Kier alpha value is -0.860. The zero-order valence-electron chi connectivity index (χ0n) is 22.4. The van der Waals surface area contributed by atoms with Crippen LogP contribution in [0.15, 0.2) is 34.9 Å². The monoisotopic (exact) mass is 450 g/mol. The third-order valence-corrected chi connectivity index (χ3v) is 11.6. The maximum absolute atomic E-state index is 3.60. The van der Waals surface area contributed by atoms with Crippen molar-refractivity contribution in [3.8, 4) is 0 Å². The summed E-state index contributed by atoms with van der Waals surface area (Å²) in [6.45, 7) is 12.6. The van der Waals surface area contributed by atoms with Crippen LogP contribution < -0.4 is 5.32 Å². The summed E-state index contributed by atoms with van der Waals surface area (Å²) in [5, 5.41) is 3.60. The second kappa shape index (κ2) is 8.98. The molecule has 3 saturated carbocycles. The first kappa shape index (κ1) is 23.9. The van der Waals surface area contributed by atoms with Gasteiger partial charge in [0.25, 0.3) is 0 Å². The first-order chi connectivity index (χ1) is 15.8. The molecule has 0 amide bonds. The van der Waals surface area contributed by atoms with Crippen molar-refractivity contribution in [1.29, 1.82) is 0 Å². The molecule has 2 nitrogen and oxygen atoms in total. The largest absolute Gasteiger partial charge is 0.317 e. The Morgan fingerprint density at radius 2 is 1.85 bits per heavy atom. The number of nitrogens with one attached hydrogen (secondary N) is 1. The molecule has 0 aromatic rings. The topological polar surface area (TPSA) is 15.3 Å². The molecular weight excluding hydrogens is 400 g/mol. The summed E-state index contributed by atoms with van der Waals surface area (Å²) in [7, 11) is 4.42. The number of fused-ring (bicyclic) bond motifs is 5. The summed E-state index contributed by atoms with van der Waals surface area (Å²) in [6.07, 6.45) is 20.4. The summed E-state index contributed by atoms with van der Waals surface area (Å²) in [6, 6.07) is 0.749. The number of rotatable bonds is 4. The van der Waals surface area contributed by atoms with Crippen LogP contribution >= 0.6 is 0 Å². The fourth-order valence-corrected chi connectivity index (χ4v) is 9.42. The van der Waals surface area contributed by atoms with E-state index in [1.54, 1.807) is 11.1 Å². The molecule has 2 heteroatoms. The minimum absolute atomic E-state index is 0.508. The smallest absolute Gasteiger partial charge is 0.0193 e. The first-order valence-corrected chi connectivity index (χ1v) is 14.2. The highest BCUT2D eigenvalue weighted by atomic mass is 15.1. The molecule has 0 radical (unpaired) electrons. The zero-order chi connectivity index (χ0) is 23.4. The molecule has 4 aliphatic carbocycles. The predicted octanol–water partition coefficient (Wildman–Crippen LogP) is 7.00. The summed E-state index contributed by atoms with van der Waals surface area (Å²) >= 11 is 0. The second-order valence-corrected chi connectivity index (χ2v) is 13.2. The van der Waals surface area contributed by atoms with Gasteiger partial charge in [0, 0.05) is 19.1 Å². The van der Waals surface area contributed by atoms with E-state index in [1.807, 2.05) is 5.57 Å². The van der Waals surface area contributed by atoms with Crippen molar-refractivity contribution in [2.24, 2.45) is 40.4 Å². The number of hydrogen-bond donors (Lipinski definition) is 1. The van der Waals surface area contributed by atoms with Crippen molar-refractivity contribution >= 4 is 0 Å². The lowest BCUT2D eigenvalue weighted by molar-refractivity contribution is -0.0117. The van der Waals surface area contributed by atoms with E-state index in [-0.39, 0.29) is 0 Å². The van der Waals surface area contributed by atoms with Gasteiger partial charge in [0.1, 0.15) is 0 Å². The van der Waals surface area contributed by atoms with Gasteiger partial charge < -0.3 is 10.2 Å². The fraction of sp³-hybridized carbons (Fsp3) is 0.806. The average molecular weight is 451 g/mol. The summed E-state index contributed by atoms with van der Waals surface area (Å²) < 4.78 is 0. The normalized spacial score (nSPS) is 44.9. The third-order valence-electron chi connectivity index (χ3n) is 11.6. The Labute approximate surface area is 204 Å². The van der Waals surface area contributed by atoms with Crippen molar-refractivity contribution in [2.45, 2.75) is 91.5 Å². The van der Waals surface area contributed by atoms with Crippen LogP contribution in [0.3, 0.4) is 0 Å². The van der Waals surface area contributed by atoms with Crippen LogP contribution in [0.2, 0.25) is 0 Å². The highest BCUT2D eigenvalue weighted by Gasteiger charge is 2.57. The quantitative estimate of drug-likeness (QED) is 0.464. The van der Waals surface area contributed by atoms with Crippen LogP contribution in [0, 0.1) is 40.4 Å². The molecule has 1 heterocycles. The number of likely N-dealkylation sites (N-methyl/N-ethyl adjacent to an activating group) is 1. The van der Waals surface area contributed by atoms with Crippen molar-refractivity contribution < 1.29 is 0 Å². The molecule has 33 heavy (non-hydrogen) atoms. The van der Waals surface area contributed by atoms with Gasteiger partial charge in [-0.25, -0.2) is 0 Å². The zero-order valence-corrected chi connectivity index (χ0v) is 22.4. The van der Waals surface area contributed by atoms with E-state index in [0.717, 1.165) is 36.3 Å². The minimum Gasteiger partial charge on any atom is -0.317 e. The van der Waals surface area contributed by atoms with Crippen molar-refractivity contribution in [3.05, 3.63) is 34.9 Å². The van der Waals surface area contributed by atoms with Gasteiger partial charge in [-0.15, -0.1) is 0 Å². The van der Waals surface area contributed by atoms with E-state index >= 15 is 0 Å². The first-order valence-electron chi connectivity index (χ1n) is 14.2. The lowest BCUT2D eigenvalue weighted by Gasteiger charge is -2.58. The summed E-state index contributed by atoms with van der Waals surface area (Å²) in [4.78, 5) is 2.45. The SMILES string of the molecule is CN[C@@H]1CC[C@@]2(C)[C@@H](CC=C3[C@@H]2CC[C@]2(C)[C@@H]([C@H](C)/C=C/C4=C(C)CN(C)CC4)CC[C@@H]32)C1. The van der Waals surface area contributed by atoms with Gasteiger partial charge in [-0.1, -0.05) is 50.1 Å². The molecule has 5 aliphatic rings. The fourth-order valence-electron chi connectivity index (χ4n) is 9.42. The molecule has 0 unspecified atom stereocenters. The van der Waals surface area contributed by atoms with E-state index in [1.165, 1.54) is 64.3 Å². The van der Waals surface area contributed by atoms with Gasteiger partial charge in [-0.2, -0.15) is 0 Å². The van der Waals surface area contributed by atoms with Crippen LogP contribution in [0.1, 0.15) is 85.5 Å². The molecule has 8 atom stereocenters. The molecule has 1 aliphatic heterocycles. The predicted molar refractivity (Wildman–Crippen MR) is 141 cm³/mol. The van der Waals surface area contributed by atoms with Gasteiger partial charge >= 0.3 is 0 Å². The van der Waals surface area contributed by atoms with Gasteiger partial charge in [0.2, 0.25) is 0 Å². The van der Waals surface area contributed by atoms with Crippen molar-refractivity contribution in [3.63, 3.8) is 0 Å². The van der Waals surface area contributed by atoms with Gasteiger partial charge in [-0.05, 0) is 125 Å². The van der Waals surface area contributed by atoms with Crippen LogP contribution in [0.4, 0.5) is 0 Å². The highest BCUT2D eigenvalue weighted by Crippen LogP contribution is 2.66. The Morgan fingerprint density at radius 1 is 1.09 bits per heavy atom. The molecule has 0 saturated heterocycles. The second-order valence-electron chi connectivity index (χ2n) is 13.2. The van der Waals surface area contributed by atoms with Crippen molar-refractivity contribution in [1.82, 2.24) is 10.2 Å². The molecule has 0 bridgehead atoms. The third kappa shape index (κ3) is 4.02. The van der Waals surface area contributed by atoms with E-state index in [4.69, 9.17) is 0 Å². The molecule has 5 rings (SSSR count). The molecular formula is C31H50N2. The lowest BCUT2D eigenvalue weighted by Crippen LogP contribution is -2.51. The summed E-state index contributed by atoms with van der Waals surface area (Å²) in [5.74, 6) is 4.14. The van der Waals surface area contributed by atoms with Crippen LogP contribution in [0.25, 0.3) is 0 Å². The van der Waals surface area contributed by atoms with Gasteiger partial charge in [-0.3, -0.25) is 0 Å². The number of allylic oxidation sites excluding steroid dienone is 4. The molecule has 184 valence electrons. The van der Waals surface area contributed by atoms with Crippen LogP contribution in [-0.2, 0) is 0 Å². The van der Waals surface area contributed by atoms with Crippen LogP contribution in [0.5, 0.6) is 0 Å². The molecule has 1 N–H and O–H groups in total. The molecule has 3 fully saturated rings. The maximum Gasteiger partial charge on any atom is 0.0193 e. The van der Waals surface area contributed by atoms with Gasteiger partial charge in [0.15, 0.2) is 0 Å². The Kier molecular flexibility index (Phi) is 6.49. The van der Waals surface area contributed by atoms with E-state index in [9.17, 15) is 0 Å². The van der Waals surface area contributed by atoms with Crippen LogP contribution in [-0.4, -0.2) is 38.1 Å². The molecule has 0 aromatic heterocycles. The molecule has 0 spiro atoms. The van der Waals surface area contributed by atoms with E-state index < -0.39 is 0 Å². The number of hydrogen-bond acceptors (Lipinski definition) is 2. The minimum atomic E-state index is 0.508. The highest BCUT2D eigenvalue weighted by molar-refractivity contribution is 5.30. The van der Waals surface area contributed by atoms with Gasteiger partial charge in [0.05, 0.1) is 0 Å². The standard InChI is InChI=1S/C31H50N2/c1-21(7-8-23-15-18-33(6)20-22(23)2)27-11-12-28-26-10-9-24-19-25(32-5)13-16-30(24,3)29(26)14-17-31(27,28)4/h7-8,10,21,24-25,27-29,32H,9,11-20H2,1-6H3/b8-7+/t21-,24+,25-,27-,28+,29+,30+,31-/m1/s1. The Bertz CT molecular complexity index is 836.